The van der Waals surface area contributed by atoms with E-state index in [4.69, 9.17) is 11.6 Å². The average molecular weight is 372 g/mol. The van der Waals surface area contributed by atoms with E-state index in [1.807, 2.05) is 37.3 Å². The molecule has 0 radical (unpaired) electrons. The highest BCUT2D eigenvalue weighted by Gasteiger charge is 2.30. The molecule has 3 nitrogen and oxygen atoms in total. The molecule has 0 spiro atoms. The number of anilines is 1. The quantitative estimate of drug-likeness (QED) is 0.610. The molecule has 25 heavy (non-hydrogen) atoms. The highest BCUT2D eigenvalue weighted by Crippen LogP contribution is 2.33. The molecule has 0 aliphatic carbocycles. The molecule has 1 atom stereocenters. The molecule has 3 aromatic rings. The summed E-state index contributed by atoms with van der Waals surface area (Å²) in [5.74, 6) is 0. The Labute approximate surface area is 153 Å². The first-order chi connectivity index (χ1) is 12.0. The second-order valence-corrected chi connectivity index (χ2v) is 7.93. The van der Waals surface area contributed by atoms with E-state index in [0.717, 1.165) is 5.56 Å². The maximum Gasteiger partial charge on any atom is 0.264 e. The Morgan fingerprint density at radius 2 is 1.44 bits per heavy atom. The molecule has 0 N–H and O–H groups in total. The zero-order valence-corrected chi connectivity index (χ0v) is 15.3. The molecule has 0 aromatic heterocycles. The predicted octanol–water partition coefficient (Wildman–Crippen LogP) is 5.30. The van der Waals surface area contributed by atoms with Gasteiger partial charge in [0.05, 0.1) is 16.6 Å². The maximum atomic E-state index is 13.3. The van der Waals surface area contributed by atoms with Gasteiger partial charge in [0.2, 0.25) is 0 Å². The average Bonchev–Trinajstić information content (AvgIpc) is 2.63. The molecule has 3 aromatic carbocycles. The van der Waals surface area contributed by atoms with Crippen molar-refractivity contribution in [1.82, 2.24) is 0 Å². The number of hydrogen-bond acceptors (Lipinski definition) is 2. The van der Waals surface area contributed by atoms with Gasteiger partial charge >= 0.3 is 0 Å². The van der Waals surface area contributed by atoms with Crippen LogP contribution < -0.4 is 4.31 Å². The Bertz CT molecular complexity index is 944. The van der Waals surface area contributed by atoms with E-state index < -0.39 is 16.1 Å². The molecule has 0 amide bonds. The number of hydrogen-bond donors (Lipinski definition) is 0. The zero-order chi connectivity index (χ0) is 17.9. The van der Waals surface area contributed by atoms with Crippen molar-refractivity contribution in [2.24, 2.45) is 0 Å². The van der Waals surface area contributed by atoms with E-state index in [9.17, 15) is 8.42 Å². The third-order valence-electron chi connectivity index (χ3n) is 3.99. The molecule has 0 aliphatic rings. The van der Waals surface area contributed by atoms with Crippen LogP contribution in [-0.2, 0) is 10.0 Å². The predicted molar refractivity (Wildman–Crippen MR) is 102 cm³/mol. The number of benzene rings is 3. The van der Waals surface area contributed by atoms with Gasteiger partial charge in [-0.15, -0.1) is 0 Å². The lowest BCUT2D eigenvalue weighted by atomic mass is 10.1. The van der Waals surface area contributed by atoms with Crippen LogP contribution in [0.3, 0.4) is 0 Å². The number of para-hydroxylation sites is 1. The minimum absolute atomic E-state index is 0.257. The minimum Gasteiger partial charge on any atom is -0.259 e. The van der Waals surface area contributed by atoms with Crippen molar-refractivity contribution >= 4 is 27.3 Å². The second kappa shape index (κ2) is 7.30. The largest absolute Gasteiger partial charge is 0.264 e. The van der Waals surface area contributed by atoms with Gasteiger partial charge in [0.25, 0.3) is 10.0 Å². The summed E-state index contributed by atoms with van der Waals surface area (Å²) in [4.78, 5) is 0.257. The third-order valence-corrected chi connectivity index (χ3v) is 6.14. The molecule has 128 valence electrons. The van der Waals surface area contributed by atoms with Gasteiger partial charge in [-0.1, -0.05) is 60.1 Å². The summed E-state index contributed by atoms with van der Waals surface area (Å²) in [6.45, 7) is 1.86. The number of sulfonamides is 1. The highest BCUT2D eigenvalue weighted by atomic mass is 35.5. The van der Waals surface area contributed by atoms with Gasteiger partial charge < -0.3 is 0 Å². The molecular formula is C20H18ClNO2S. The van der Waals surface area contributed by atoms with Gasteiger partial charge in [0.1, 0.15) is 0 Å². The van der Waals surface area contributed by atoms with Gasteiger partial charge in [-0.25, -0.2) is 8.42 Å². The van der Waals surface area contributed by atoms with Crippen LogP contribution in [0.15, 0.2) is 89.8 Å². The van der Waals surface area contributed by atoms with E-state index in [-0.39, 0.29) is 4.90 Å². The zero-order valence-electron chi connectivity index (χ0n) is 13.7. The number of nitrogens with zero attached hydrogens (tertiary/aromatic N) is 1. The molecule has 0 saturated heterocycles. The van der Waals surface area contributed by atoms with E-state index >= 15 is 0 Å². The summed E-state index contributed by atoms with van der Waals surface area (Å²) in [7, 11) is -3.72. The van der Waals surface area contributed by atoms with Crippen molar-refractivity contribution in [2.45, 2.75) is 17.9 Å². The summed E-state index contributed by atoms with van der Waals surface area (Å²) in [5, 5.41) is 0.578. The van der Waals surface area contributed by atoms with Crippen LogP contribution in [0.4, 0.5) is 5.69 Å². The standard InChI is InChI=1S/C20H18ClNO2S/c1-16(17-9-8-10-18(21)15-17)22(19-11-4-2-5-12-19)25(23,24)20-13-6-3-7-14-20/h2-16H,1H3/t16-/m1/s1. The van der Waals surface area contributed by atoms with Crippen LogP contribution in [0, 0.1) is 0 Å². The van der Waals surface area contributed by atoms with Crippen molar-refractivity contribution < 1.29 is 8.42 Å². The van der Waals surface area contributed by atoms with Gasteiger partial charge in [-0.3, -0.25) is 4.31 Å². The van der Waals surface area contributed by atoms with Gasteiger partial charge in [0.15, 0.2) is 0 Å². The summed E-state index contributed by atoms with van der Waals surface area (Å²) in [5.41, 5.74) is 1.44. The fourth-order valence-electron chi connectivity index (χ4n) is 2.75. The van der Waals surface area contributed by atoms with Crippen LogP contribution >= 0.6 is 11.6 Å². The lowest BCUT2D eigenvalue weighted by Crippen LogP contribution is -2.33. The summed E-state index contributed by atoms with van der Waals surface area (Å²) >= 11 is 6.10. The molecule has 0 unspecified atom stereocenters. The Hall–Kier alpha value is -2.30. The highest BCUT2D eigenvalue weighted by molar-refractivity contribution is 7.92. The Morgan fingerprint density at radius 3 is 2.04 bits per heavy atom. The van der Waals surface area contributed by atoms with E-state index in [2.05, 4.69) is 0 Å². The van der Waals surface area contributed by atoms with Crippen molar-refractivity contribution in [3.05, 3.63) is 95.5 Å². The van der Waals surface area contributed by atoms with E-state index in [1.165, 1.54) is 4.31 Å². The van der Waals surface area contributed by atoms with Gasteiger partial charge in [-0.2, -0.15) is 0 Å². The molecule has 5 heteroatoms. The monoisotopic (exact) mass is 371 g/mol. The first-order valence-electron chi connectivity index (χ1n) is 7.90. The molecule has 0 fully saturated rings. The van der Waals surface area contributed by atoms with Crippen molar-refractivity contribution in [3.8, 4) is 0 Å². The minimum atomic E-state index is -3.72. The van der Waals surface area contributed by atoms with Crippen molar-refractivity contribution in [2.75, 3.05) is 4.31 Å². The van der Waals surface area contributed by atoms with Gasteiger partial charge in [-0.05, 0) is 48.9 Å². The normalized spacial score (nSPS) is 12.6. The van der Waals surface area contributed by atoms with Gasteiger partial charge in [0, 0.05) is 5.02 Å². The third kappa shape index (κ3) is 3.70. The van der Waals surface area contributed by atoms with Crippen LogP contribution in [0.25, 0.3) is 0 Å². The van der Waals surface area contributed by atoms with E-state index in [0.29, 0.717) is 10.7 Å². The fraction of sp³-hybridized carbons (Fsp3) is 0.100. The maximum absolute atomic E-state index is 13.3. The summed E-state index contributed by atoms with van der Waals surface area (Å²) in [6, 6.07) is 24.4. The lowest BCUT2D eigenvalue weighted by molar-refractivity contribution is 0.583. The first-order valence-corrected chi connectivity index (χ1v) is 9.72. The molecule has 3 rings (SSSR count). The molecule has 0 aliphatic heterocycles. The first kappa shape index (κ1) is 17.5. The second-order valence-electron chi connectivity index (χ2n) is 5.68. The SMILES string of the molecule is C[C@H](c1cccc(Cl)c1)N(c1ccccc1)S(=O)(=O)c1ccccc1. The molecular weight excluding hydrogens is 354 g/mol. The molecule has 0 saturated carbocycles. The van der Waals surface area contributed by atoms with Crippen LogP contribution in [0.5, 0.6) is 0 Å². The number of rotatable bonds is 5. The summed E-state index contributed by atoms with van der Waals surface area (Å²) in [6.07, 6.45) is 0. The Balaban J connectivity index is 2.14. The summed E-state index contributed by atoms with van der Waals surface area (Å²) < 4.78 is 28.1. The topological polar surface area (TPSA) is 37.4 Å². The fourth-order valence-corrected chi connectivity index (χ4v) is 4.62. The van der Waals surface area contributed by atoms with Crippen LogP contribution in [0.1, 0.15) is 18.5 Å². The number of halogens is 1. The molecule has 0 heterocycles. The van der Waals surface area contributed by atoms with Crippen LogP contribution in [-0.4, -0.2) is 8.42 Å². The van der Waals surface area contributed by atoms with Crippen molar-refractivity contribution in [3.63, 3.8) is 0 Å². The molecule has 0 bridgehead atoms. The lowest BCUT2D eigenvalue weighted by Gasteiger charge is -2.31. The van der Waals surface area contributed by atoms with Crippen molar-refractivity contribution in [1.29, 1.82) is 0 Å². The Kier molecular flexibility index (Phi) is 5.11. The van der Waals surface area contributed by atoms with E-state index in [1.54, 1.807) is 54.6 Å². The smallest absolute Gasteiger partial charge is 0.259 e. The Morgan fingerprint density at radius 1 is 0.840 bits per heavy atom. The van der Waals surface area contributed by atoms with Crippen LogP contribution in [0.2, 0.25) is 5.02 Å².